The number of rotatable bonds is 4. The van der Waals surface area contributed by atoms with Gasteiger partial charge in [0, 0.05) is 6.54 Å². The summed E-state index contributed by atoms with van der Waals surface area (Å²) in [6.45, 7) is 5.32. The molecule has 0 fully saturated rings. The lowest BCUT2D eigenvalue weighted by molar-refractivity contribution is 0.272. The Bertz CT molecular complexity index is 673. The summed E-state index contributed by atoms with van der Waals surface area (Å²) in [7, 11) is 4.13. The van der Waals surface area contributed by atoms with Gasteiger partial charge in [0.05, 0.1) is 27.1 Å². The molecule has 0 saturated carbocycles. The van der Waals surface area contributed by atoms with Gasteiger partial charge in [0.2, 0.25) is 0 Å². The number of likely N-dealkylation sites (N-methyl/N-ethyl adjacent to an activating group) is 1. The number of aromatic nitrogens is 2. The third-order valence-corrected chi connectivity index (χ3v) is 4.43. The molecular formula is C14H19Cl2N3S. The average molecular weight is 332 g/mol. The Morgan fingerprint density at radius 1 is 1.25 bits per heavy atom. The van der Waals surface area contributed by atoms with Crippen molar-refractivity contribution < 1.29 is 0 Å². The largest absolute Gasteiger partial charge is 0.331 e. The van der Waals surface area contributed by atoms with Crippen molar-refractivity contribution in [2.75, 3.05) is 20.6 Å². The highest BCUT2D eigenvalue weighted by atomic mass is 35.5. The Balaban J connectivity index is 2.65. The zero-order valence-corrected chi connectivity index (χ0v) is 14.4. The number of halogens is 2. The van der Waals surface area contributed by atoms with Gasteiger partial charge in [0.1, 0.15) is 0 Å². The Morgan fingerprint density at radius 2 is 1.85 bits per heavy atom. The van der Waals surface area contributed by atoms with Gasteiger partial charge in [0.15, 0.2) is 4.77 Å². The van der Waals surface area contributed by atoms with E-state index in [0.717, 1.165) is 17.6 Å². The molecule has 0 aliphatic carbocycles. The summed E-state index contributed by atoms with van der Waals surface area (Å²) >= 11 is 17.7. The smallest absolute Gasteiger partial charge is 0.178 e. The highest BCUT2D eigenvalue weighted by Gasteiger charge is 2.20. The molecule has 2 aromatic rings. The number of nitrogens with zero attached hydrogens (tertiary/aromatic N) is 2. The topological polar surface area (TPSA) is 24.0 Å². The van der Waals surface area contributed by atoms with Gasteiger partial charge in [-0.15, -0.1) is 0 Å². The van der Waals surface area contributed by atoms with E-state index >= 15 is 0 Å². The Kier molecular flexibility index (Phi) is 4.80. The first-order chi connectivity index (χ1) is 9.31. The number of imidazole rings is 1. The molecular weight excluding hydrogens is 313 g/mol. The quantitative estimate of drug-likeness (QED) is 0.816. The molecule has 1 N–H and O–H groups in total. The van der Waals surface area contributed by atoms with E-state index in [0.29, 0.717) is 20.7 Å². The molecule has 0 aliphatic rings. The molecule has 1 atom stereocenters. The van der Waals surface area contributed by atoms with E-state index < -0.39 is 0 Å². The molecule has 3 nitrogen and oxygen atoms in total. The van der Waals surface area contributed by atoms with Gasteiger partial charge in [-0.25, -0.2) is 0 Å². The second-order valence-electron chi connectivity index (χ2n) is 5.66. The van der Waals surface area contributed by atoms with Crippen LogP contribution >= 0.6 is 35.4 Å². The Labute approximate surface area is 134 Å². The minimum absolute atomic E-state index is 0.281. The minimum Gasteiger partial charge on any atom is -0.331 e. The summed E-state index contributed by atoms with van der Waals surface area (Å²) < 4.78 is 2.86. The van der Waals surface area contributed by atoms with Gasteiger partial charge in [-0.2, -0.15) is 0 Å². The zero-order chi connectivity index (χ0) is 15.0. The monoisotopic (exact) mass is 331 g/mol. The van der Waals surface area contributed by atoms with Gasteiger partial charge in [-0.1, -0.05) is 37.0 Å². The summed E-state index contributed by atoms with van der Waals surface area (Å²) in [5.41, 5.74) is 1.93. The maximum atomic E-state index is 6.16. The molecule has 1 aromatic heterocycles. The van der Waals surface area contributed by atoms with E-state index in [9.17, 15) is 0 Å². The SMILES string of the molecule is CC(C)C(CN(C)C)n1c(=S)[nH]c2cc(Cl)c(Cl)cc21. The van der Waals surface area contributed by atoms with Crippen molar-refractivity contribution in [1.82, 2.24) is 14.5 Å². The molecule has 20 heavy (non-hydrogen) atoms. The highest BCUT2D eigenvalue weighted by molar-refractivity contribution is 7.71. The maximum Gasteiger partial charge on any atom is 0.178 e. The molecule has 2 rings (SSSR count). The molecule has 110 valence electrons. The average Bonchev–Trinajstić information content (AvgIpc) is 2.62. The van der Waals surface area contributed by atoms with E-state index in [1.165, 1.54) is 0 Å². The van der Waals surface area contributed by atoms with Crippen LogP contribution in [0, 0.1) is 10.7 Å². The molecule has 6 heteroatoms. The fraction of sp³-hybridized carbons (Fsp3) is 0.500. The number of hydrogen-bond donors (Lipinski definition) is 1. The van der Waals surface area contributed by atoms with Gasteiger partial charge >= 0.3 is 0 Å². The second kappa shape index (κ2) is 6.06. The number of hydrogen-bond acceptors (Lipinski definition) is 2. The van der Waals surface area contributed by atoms with Crippen LogP contribution in [-0.4, -0.2) is 35.1 Å². The number of fused-ring (bicyclic) bond motifs is 1. The molecule has 1 heterocycles. The van der Waals surface area contributed by atoms with E-state index in [-0.39, 0.29) is 6.04 Å². The third kappa shape index (κ3) is 3.03. The number of aromatic amines is 1. The molecule has 0 saturated heterocycles. The van der Waals surface area contributed by atoms with Gasteiger partial charge in [-0.3, -0.25) is 0 Å². The van der Waals surface area contributed by atoms with Crippen LogP contribution in [0.1, 0.15) is 19.9 Å². The highest BCUT2D eigenvalue weighted by Crippen LogP contribution is 2.31. The number of nitrogens with one attached hydrogen (secondary N) is 1. The predicted octanol–water partition coefficient (Wildman–Crippen LogP) is 4.76. The van der Waals surface area contributed by atoms with Crippen molar-refractivity contribution in [1.29, 1.82) is 0 Å². The van der Waals surface area contributed by atoms with Crippen LogP contribution in [0.2, 0.25) is 10.0 Å². The van der Waals surface area contributed by atoms with Crippen LogP contribution in [0.25, 0.3) is 11.0 Å². The molecule has 0 bridgehead atoms. The lowest BCUT2D eigenvalue weighted by atomic mass is 10.0. The van der Waals surface area contributed by atoms with Crippen LogP contribution in [0.3, 0.4) is 0 Å². The van der Waals surface area contributed by atoms with Crippen molar-refractivity contribution in [3.8, 4) is 0 Å². The summed E-state index contributed by atoms with van der Waals surface area (Å²) in [6.07, 6.45) is 0. The van der Waals surface area contributed by atoms with Crippen molar-refractivity contribution in [2.45, 2.75) is 19.9 Å². The predicted molar refractivity (Wildman–Crippen MR) is 89.6 cm³/mol. The van der Waals surface area contributed by atoms with Crippen molar-refractivity contribution in [3.63, 3.8) is 0 Å². The Morgan fingerprint density at radius 3 is 2.40 bits per heavy atom. The van der Waals surface area contributed by atoms with Crippen LogP contribution in [0.5, 0.6) is 0 Å². The first-order valence-electron chi connectivity index (χ1n) is 6.55. The molecule has 1 aromatic carbocycles. The second-order valence-corrected chi connectivity index (χ2v) is 6.86. The van der Waals surface area contributed by atoms with Crippen LogP contribution in [0.15, 0.2) is 12.1 Å². The standard InChI is InChI=1S/C14H19Cl2N3S/c1-8(2)13(7-18(3)4)19-12-6-10(16)9(15)5-11(12)17-14(19)20/h5-6,8,13H,7H2,1-4H3,(H,17,20). The lowest BCUT2D eigenvalue weighted by Gasteiger charge is -2.26. The number of H-pyrrole nitrogens is 1. The van der Waals surface area contributed by atoms with Crippen LogP contribution in [-0.2, 0) is 0 Å². The minimum atomic E-state index is 0.281. The first kappa shape index (κ1) is 15.8. The Hall–Kier alpha value is -0.550. The summed E-state index contributed by atoms with van der Waals surface area (Å²) in [4.78, 5) is 5.39. The van der Waals surface area contributed by atoms with Crippen molar-refractivity contribution in [2.24, 2.45) is 5.92 Å². The van der Waals surface area contributed by atoms with E-state index in [1.807, 2.05) is 12.1 Å². The van der Waals surface area contributed by atoms with Crippen LogP contribution in [0.4, 0.5) is 0 Å². The summed E-state index contributed by atoms with van der Waals surface area (Å²) in [5.74, 6) is 0.456. The fourth-order valence-corrected chi connectivity index (χ4v) is 3.08. The van der Waals surface area contributed by atoms with Gasteiger partial charge in [-0.05, 0) is 44.4 Å². The molecule has 0 spiro atoms. The number of benzene rings is 1. The van der Waals surface area contributed by atoms with E-state index in [4.69, 9.17) is 35.4 Å². The van der Waals surface area contributed by atoms with E-state index in [1.54, 1.807) is 0 Å². The van der Waals surface area contributed by atoms with E-state index in [2.05, 4.69) is 42.4 Å². The molecule has 0 aliphatic heterocycles. The van der Waals surface area contributed by atoms with Crippen molar-refractivity contribution in [3.05, 3.63) is 26.9 Å². The van der Waals surface area contributed by atoms with Crippen LogP contribution < -0.4 is 0 Å². The lowest BCUT2D eigenvalue weighted by Crippen LogP contribution is -2.28. The first-order valence-corrected chi connectivity index (χ1v) is 7.71. The molecule has 0 amide bonds. The fourth-order valence-electron chi connectivity index (χ4n) is 2.41. The van der Waals surface area contributed by atoms with Crippen molar-refractivity contribution >= 4 is 46.5 Å². The normalized spacial score (nSPS) is 13.6. The summed E-state index contributed by atoms with van der Waals surface area (Å²) in [6, 6.07) is 4.00. The maximum absolute atomic E-state index is 6.16. The molecule has 0 radical (unpaired) electrons. The van der Waals surface area contributed by atoms with Gasteiger partial charge < -0.3 is 14.5 Å². The van der Waals surface area contributed by atoms with Gasteiger partial charge in [0.25, 0.3) is 0 Å². The molecule has 1 unspecified atom stereocenters. The zero-order valence-electron chi connectivity index (χ0n) is 12.1. The summed E-state index contributed by atoms with van der Waals surface area (Å²) in [5, 5.41) is 1.09. The third-order valence-electron chi connectivity index (χ3n) is 3.41.